The Bertz CT molecular complexity index is 854. The molecule has 0 aliphatic rings. The van der Waals surface area contributed by atoms with Gasteiger partial charge in [0.15, 0.2) is 5.75 Å². The van der Waals surface area contributed by atoms with E-state index in [1.54, 1.807) is 0 Å². The van der Waals surface area contributed by atoms with Crippen molar-refractivity contribution in [1.29, 1.82) is 0 Å². The molecule has 0 bridgehead atoms. The highest BCUT2D eigenvalue weighted by molar-refractivity contribution is 7.59. The Hall–Kier alpha value is -2.13. The third-order valence-electron chi connectivity index (χ3n) is 3.23. The molecule has 0 radical (unpaired) electrons. The Kier molecular flexibility index (Phi) is 10.1. The molecule has 0 saturated carbocycles. The Morgan fingerprint density at radius 3 is 1.31 bits per heavy atom. The molecule has 0 aliphatic heterocycles. The summed E-state index contributed by atoms with van der Waals surface area (Å²) < 4.78 is 66.3. The van der Waals surface area contributed by atoms with Gasteiger partial charge in [0.1, 0.15) is 0 Å². The zero-order chi connectivity index (χ0) is 20.7. The molecular weight excluding hydrogens is 433 g/mol. The maximum absolute atomic E-state index is 12.7. The summed E-state index contributed by atoms with van der Waals surface area (Å²) in [5.41, 5.74) is 0. The standard InChI is InChI=1S/C12H11P.C6H2BF5O3.H2S/c1-3-7-11(8-4-1)13-12-9-5-2-6-10-12;8-1-2(9)4(11)6(15-7(13)14)5(12)3(1)10;/h1-10,13H;13-14H;1H2. The van der Waals surface area contributed by atoms with Crippen molar-refractivity contribution in [1.82, 2.24) is 0 Å². The second-order valence-corrected chi connectivity index (χ2v) is 6.60. The number of halogens is 5. The van der Waals surface area contributed by atoms with Crippen LogP contribution in [0.1, 0.15) is 0 Å². The van der Waals surface area contributed by atoms with Gasteiger partial charge in [0.2, 0.25) is 29.1 Å². The first-order valence-corrected chi connectivity index (χ1v) is 8.72. The molecule has 3 aromatic carbocycles. The zero-order valence-corrected chi connectivity index (χ0v) is 16.5. The molecule has 3 rings (SSSR count). The van der Waals surface area contributed by atoms with E-state index in [1.807, 2.05) is 0 Å². The third kappa shape index (κ3) is 7.01. The third-order valence-corrected chi connectivity index (χ3v) is 4.47. The largest absolute Gasteiger partial charge is 0.707 e. The minimum atomic E-state index is -2.70. The summed E-state index contributed by atoms with van der Waals surface area (Å²) in [5, 5.41) is 19.1. The molecule has 0 unspecified atom stereocenters. The van der Waals surface area contributed by atoms with E-state index in [1.165, 1.54) is 10.6 Å². The van der Waals surface area contributed by atoms with Gasteiger partial charge in [-0.2, -0.15) is 22.3 Å². The lowest BCUT2D eigenvalue weighted by molar-refractivity contribution is 0.263. The number of rotatable bonds is 4. The first-order valence-electron chi connectivity index (χ1n) is 7.72. The summed E-state index contributed by atoms with van der Waals surface area (Å²) in [6, 6.07) is 21.2. The van der Waals surface area contributed by atoms with Crippen molar-refractivity contribution in [3.8, 4) is 5.75 Å². The highest BCUT2D eigenvalue weighted by Gasteiger charge is 2.29. The fraction of sp³-hybridized carbons (Fsp3) is 0. The van der Waals surface area contributed by atoms with Gasteiger partial charge in [-0.3, -0.25) is 0 Å². The van der Waals surface area contributed by atoms with E-state index in [9.17, 15) is 22.0 Å². The molecule has 0 saturated heterocycles. The van der Waals surface area contributed by atoms with Crippen LogP contribution in [0.3, 0.4) is 0 Å². The van der Waals surface area contributed by atoms with Crippen LogP contribution in [0.5, 0.6) is 5.75 Å². The van der Waals surface area contributed by atoms with Crippen LogP contribution in [-0.4, -0.2) is 17.4 Å². The van der Waals surface area contributed by atoms with Crippen molar-refractivity contribution in [2.24, 2.45) is 0 Å². The molecule has 11 heteroatoms. The van der Waals surface area contributed by atoms with E-state index in [4.69, 9.17) is 10.0 Å². The van der Waals surface area contributed by atoms with Crippen LogP contribution < -0.4 is 15.3 Å². The summed E-state index contributed by atoms with van der Waals surface area (Å²) >= 11 is 0. The van der Waals surface area contributed by atoms with E-state index in [2.05, 4.69) is 65.3 Å². The van der Waals surface area contributed by atoms with Gasteiger partial charge >= 0.3 is 7.32 Å². The van der Waals surface area contributed by atoms with Crippen molar-refractivity contribution < 1.29 is 36.7 Å². The van der Waals surface area contributed by atoms with Crippen molar-refractivity contribution in [2.45, 2.75) is 0 Å². The lowest BCUT2D eigenvalue weighted by Crippen LogP contribution is -2.23. The fourth-order valence-electron chi connectivity index (χ4n) is 2.00. The van der Waals surface area contributed by atoms with Gasteiger partial charge in [-0.25, -0.2) is 13.2 Å². The van der Waals surface area contributed by atoms with Crippen molar-refractivity contribution >= 4 is 40.0 Å². The predicted molar refractivity (Wildman–Crippen MR) is 108 cm³/mol. The maximum Gasteiger partial charge on any atom is 0.707 e. The average molecular weight is 448 g/mol. The Labute approximate surface area is 172 Å². The molecule has 0 heterocycles. The average Bonchev–Trinajstić information content (AvgIpc) is 2.70. The second-order valence-electron chi connectivity index (χ2n) is 5.20. The van der Waals surface area contributed by atoms with E-state index in [0.717, 1.165) is 8.58 Å². The van der Waals surface area contributed by atoms with Gasteiger partial charge in [-0.1, -0.05) is 69.2 Å². The maximum atomic E-state index is 12.7. The Balaban J connectivity index is 0.000000282. The Morgan fingerprint density at radius 1 is 0.621 bits per heavy atom. The molecule has 0 aromatic heterocycles. The van der Waals surface area contributed by atoms with Crippen LogP contribution in [0.15, 0.2) is 60.7 Å². The molecule has 0 fully saturated rings. The number of hydrogen-bond donors (Lipinski definition) is 2. The second kappa shape index (κ2) is 11.8. The zero-order valence-electron chi connectivity index (χ0n) is 14.5. The normalized spacial score (nSPS) is 9.76. The van der Waals surface area contributed by atoms with E-state index in [-0.39, 0.29) is 13.5 Å². The molecule has 0 aliphatic carbocycles. The topological polar surface area (TPSA) is 49.7 Å². The lowest BCUT2D eigenvalue weighted by Gasteiger charge is -2.08. The van der Waals surface area contributed by atoms with Gasteiger partial charge in [0.25, 0.3) is 0 Å². The fourth-order valence-corrected chi connectivity index (χ4v) is 3.05. The van der Waals surface area contributed by atoms with Gasteiger partial charge in [-0.05, 0) is 10.6 Å². The number of benzene rings is 3. The van der Waals surface area contributed by atoms with Gasteiger partial charge in [0, 0.05) is 0 Å². The van der Waals surface area contributed by atoms with Crippen molar-refractivity contribution in [2.75, 3.05) is 0 Å². The van der Waals surface area contributed by atoms with Crippen LogP contribution in [0.2, 0.25) is 0 Å². The predicted octanol–water partition coefficient (Wildman–Crippen LogP) is 3.16. The molecular formula is C18H15BF5O3PS. The molecule has 29 heavy (non-hydrogen) atoms. The van der Waals surface area contributed by atoms with Gasteiger partial charge < -0.3 is 14.7 Å². The number of hydrogen-bond acceptors (Lipinski definition) is 3. The summed E-state index contributed by atoms with van der Waals surface area (Å²) in [4.78, 5) is 0. The van der Waals surface area contributed by atoms with E-state index in [0.29, 0.717) is 0 Å². The van der Waals surface area contributed by atoms with E-state index >= 15 is 0 Å². The van der Waals surface area contributed by atoms with Crippen molar-refractivity contribution in [3.05, 3.63) is 89.7 Å². The minimum absolute atomic E-state index is 0. The molecule has 2 N–H and O–H groups in total. The molecule has 3 nitrogen and oxygen atoms in total. The molecule has 154 valence electrons. The van der Waals surface area contributed by atoms with E-state index < -0.39 is 42.2 Å². The van der Waals surface area contributed by atoms with Crippen LogP contribution >= 0.6 is 22.1 Å². The van der Waals surface area contributed by atoms with Crippen LogP contribution in [0, 0.1) is 29.1 Å². The molecule has 0 amide bonds. The minimum Gasteiger partial charge on any atom is -0.507 e. The monoisotopic (exact) mass is 448 g/mol. The summed E-state index contributed by atoms with van der Waals surface area (Å²) in [7, 11) is -1.92. The quantitative estimate of drug-likeness (QED) is 0.212. The molecule has 3 aromatic rings. The molecule has 0 spiro atoms. The van der Waals surface area contributed by atoms with Gasteiger partial charge in [0.05, 0.1) is 0 Å². The Morgan fingerprint density at radius 2 is 0.966 bits per heavy atom. The first kappa shape index (κ1) is 24.9. The van der Waals surface area contributed by atoms with Gasteiger partial charge in [-0.15, -0.1) is 0 Å². The van der Waals surface area contributed by atoms with Crippen LogP contribution in [-0.2, 0) is 0 Å². The van der Waals surface area contributed by atoms with Crippen LogP contribution in [0.4, 0.5) is 22.0 Å². The van der Waals surface area contributed by atoms with Crippen molar-refractivity contribution in [3.63, 3.8) is 0 Å². The SMILES string of the molecule is OB(O)Oc1c(F)c(F)c(F)c(F)c1F.S.c1ccc(Pc2ccccc2)cc1. The summed E-state index contributed by atoms with van der Waals surface area (Å²) in [6.07, 6.45) is 0. The highest BCUT2D eigenvalue weighted by atomic mass is 32.1. The summed E-state index contributed by atoms with van der Waals surface area (Å²) in [6.45, 7) is 0. The lowest BCUT2D eigenvalue weighted by atomic mass is 10.2. The molecule has 0 atom stereocenters. The summed E-state index contributed by atoms with van der Waals surface area (Å²) in [5.74, 6) is -13.1. The smallest absolute Gasteiger partial charge is 0.507 e. The van der Waals surface area contributed by atoms with Crippen LogP contribution in [0.25, 0.3) is 0 Å². The highest BCUT2D eigenvalue weighted by Crippen LogP contribution is 2.29. The first-order chi connectivity index (χ1) is 13.3.